The van der Waals surface area contributed by atoms with Crippen molar-refractivity contribution in [1.29, 1.82) is 0 Å². The van der Waals surface area contributed by atoms with Gasteiger partial charge < -0.3 is 0 Å². The van der Waals surface area contributed by atoms with Gasteiger partial charge in [-0.25, -0.2) is 0 Å². The third kappa shape index (κ3) is 6.35. The quantitative estimate of drug-likeness (QED) is 0.113. The third-order valence-corrected chi connectivity index (χ3v) is 14.4. The molecule has 7 rings (SSSR count). The van der Waals surface area contributed by atoms with Crippen LogP contribution in [0.3, 0.4) is 0 Å². The maximum absolute atomic E-state index is 6.06. The van der Waals surface area contributed by atoms with Crippen molar-refractivity contribution in [3.63, 3.8) is 0 Å². The predicted molar refractivity (Wildman–Crippen MR) is 205 cm³/mol. The molecule has 6 aromatic rings. The average Bonchev–Trinajstić information content (AvgIpc) is 3.60. The van der Waals surface area contributed by atoms with Crippen molar-refractivity contribution in [2.75, 3.05) is 13.2 Å². The first-order chi connectivity index (χ1) is 24.2. The number of rotatable bonds is 8. The summed E-state index contributed by atoms with van der Waals surface area (Å²) in [5.41, 5.74) is 7.52. The Morgan fingerprint density at radius 3 is 1.86 bits per heavy atom. The Morgan fingerprint density at radius 1 is 0.755 bits per heavy atom. The van der Waals surface area contributed by atoms with Crippen molar-refractivity contribution in [3.8, 4) is 4.37 Å². The Bertz CT molecular complexity index is 2210. The number of pyridine rings is 2. The van der Waals surface area contributed by atoms with Crippen molar-refractivity contribution < 1.29 is 22.7 Å². The van der Waals surface area contributed by atoms with E-state index in [1.165, 1.54) is 32.4 Å². The van der Waals surface area contributed by atoms with Crippen molar-refractivity contribution >= 4 is 56.6 Å². The van der Waals surface area contributed by atoms with Gasteiger partial charge in [-0.15, -0.1) is 0 Å². The van der Waals surface area contributed by atoms with Crippen molar-refractivity contribution in [3.05, 3.63) is 173 Å². The van der Waals surface area contributed by atoms with Crippen LogP contribution >= 0.6 is 7.26 Å². The predicted octanol–water partition coefficient (Wildman–Crippen LogP) is 9.32. The molecule has 1 aliphatic heterocycles. The Labute approximate surface area is 299 Å². The number of aromatic nitrogens is 2. The summed E-state index contributed by atoms with van der Waals surface area (Å²) in [4.78, 5) is 10.0. The van der Waals surface area contributed by atoms with Crippen LogP contribution in [0.5, 0.6) is 0 Å². The average molecular weight is 831 g/mol. The number of fused-ring (bicyclic) bond motifs is 3. The zero-order valence-corrected chi connectivity index (χ0v) is 31.1. The molecule has 0 aliphatic carbocycles. The number of allylic oxidation sites excluding steroid dienone is 5. The second-order valence-electron chi connectivity index (χ2n) is 12.0. The minimum absolute atomic E-state index is 0.576. The van der Waals surface area contributed by atoms with Gasteiger partial charge in [0, 0.05) is 0 Å². The molecule has 49 heavy (non-hydrogen) atoms. The Balaban J connectivity index is 1.59. The first-order valence-electron chi connectivity index (χ1n) is 16.6. The van der Waals surface area contributed by atoms with Gasteiger partial charge in [-0.3, -0.25) is 0 Å². The first kappa shape index (κ1) is 33.0. The van der Waals surface area contributed by atoms with E-state index in [0.717, 1.165) is 44.9 Å². The minimum atomic E-state index is -2.46. The molecule has 1 fully saturated rings. The van der Waals surface area contributed by atoms with E-state index in [1.54, 1.807) is 17.9 Å². The van der Waals surface area contributed by atoms with Crippen LogP contribution in [0, 0.1) is 4.37 Å². The van der Waals surface area contributed by atoms with Gasteiger partial charge in [0.25, 0.3) is 0 Å². The van der Waals surface area contributed by atoms with E-state index in [4.69, 9.17) is 14.7 Å². The molecule has 5 heteroatoms. The van der Waals surface area contributed by atoms with E-state index in [9.17, 15) is 0 Å². The van der Waals surface area contributed by atoms with Crippen molar-refractivity contribution in [1.82, 2.24) is 9.97 Å². The normalized spacial score (nSPS) is 15.7. The fraction of sp³-hybridized carbons (Fsp3) is 0.114. The molecule has 0 amide bonds. The molecule has 241 valence electrons. The van der Waals surface area contributed by atoms with Crippen LogP contribution in [0.25, 0.3) is 33.5 Å². The number of ether oxygens (including phenoxy) is 1. The second-order valence-corrected chi connectivity index (χ2v) is 16.0. The van der Waals surface area contributed by atoms with Gasteiger partial charge in [-0.05, 0) is 6.92 Å². The van der Waals surface area contributed by atoms with Crippen LogP contribution in [0.15, 0.2) is 162 Å². The summed E-state index contributed by atoms with van der Waals surface area (Å²) in [7, 11) is -2.46. The summed E-state index contributed by atoms with van der Waals surface area (Å²) in [6, 6.07) is 41.8. The fourth-order valence-electron chi connectivity index (χ4n) is 6.81. The van der Waals surface area contributed by atoms with E-state index in [0.29, 0.717) is 13.2 Å². The Kier molecular flexibility index (Phi) is 10.0. The van der Waals surface area contributed by atoms with Gasteiger partial charge >= 0.3 is 288 Å². The molecule has 0 N–H and O–H groups in total. The molecular weight excluding hydrogens is 794 g/mol. The molecule has 0 saturated carbocycles. The zero-order valence-electron chi connectivity index (χ0n) is 27.7. The fourth-order valence-corrected chi connectivity index (χ4v) is 12.6. The number of benzene rings is 4. The molecule has 3 nitrogen and oxygen atoms in total. The van der Waals surface area contributed by atoms with Gasteiger partial charge in [0.1, 0.15) is 0 Å². The monoisotopic (exact) mass is 832 g/mol. The Morgan fingerprint density at radius 2 is 1.31 bits per heavy atom. The third-order valence-electron chi connectivity index (χ3n) is 8.99. The molecule has 0 bridgehead atoms. The summed E-state index contributed by atoms with van der Waals surface area (Å²) in [5.74, 6) is 0. The van der Waals surface area contributed by atoms with Crippen LogP contribution in [-0.2, 0) is 22.7 Å². The van der Waals surface area contributed by atoms with Crippen LogP contribution < -0.4 is 15.9 Å². The second kappa shape index (κ2) is 14.9. The van der Waals surface area contributed by atoms with Crippen molar-refractivity contribution in [2.45, 2.75) is 20.3 Å². The van der Waals surface area contributed by atoms with E-state index in [1.807, 2.05) is 25.4 Å². The first-order valence-corrected chi connectivity index (χ1v) is 19.7. The molecule has 0 radical (unpaired) electrons. The molecule has 0 atom stereocenters. The van der Waals surface area contributed by atoms with Crippen LogP contribution in [0.4, 0.5) is 0 Å². The number of hydrogen-bond acceptors (Lipinski definition) is 3. The molecular formula is C44H37N2OOsP+. The van der Waals surface area contributed by atoms with E-state index >= 15 is 0 Å². The summed E-state index contributed by atoms with van der Waals surface area (Å²) in [6.07, 6.45) is 13.7. The molecule has 0 spiro atoms. The molecule has 1 aliphatic rings. The van der Waals surface area contributed by atoms with Crippen LogP contribution in [0.2, 0.25) is 0 Å². The number of nitrogens with zero attached hydrogens (tertiary/aromatic N) is 2. The van der Waals surface area contributed by atoms with E-state index in [-0.39, 0.29) is 0 Å². The van der Waals surface area contributed by atoms with E-state index < -0.39 is 7.26 Å². The van der Waals surface area contributed by atoms with Crippen LogP contribution in [0.1, 0.15) is 31.4 Å². The molecule has 1 saturated heterocycles. The SMILES string of the molecule is C/C=C/c1cnc2c(ccc3cc(C(C=C4COCC4=CCC)=C([C]#[Os])[P+](c4ccccc4)(c4ccccc4)c4ccccc4)cnc32)c1. The summed E-state index contributed by atoms with van der Waals surface area (Å²) < 4.78 is 9.92. The van der Waals surface area contributed by atoms with Gasteiger partial charge in [0.15, 0.2) is 0 Å². The van der Waals surface area contributed by atoms with Gasteiger partial charge in [0.05, 0.1) is 0 Å². The van der Waals surface area contributed by atoms with Gasteiger partial charge in [0.2, 0.25) is 0 Å². The molecule has 4 aromatic carbocycles. The van der Waals surface area contributed by atoms with Gasteiger partial charge in [-0.1, -0.05) is 6.08 Å². The molecule has 0 unspecified atom stereocenters. The van der Waals surface area contributed by atoms with Crippen LogP contribution in [-0.4, -0.2) is 23.2 Å². The topological polar surface area (TPSA) is 35.0 Å². The van der Waals surface area contributed by atoms with Crippen molar-refractivity contribution in [2.24, 2.45) is 0 Å². The molecule has 2 aromatic heterocycles. The summed E-state index contributed by atoms with van der Waals surface area (Å²) in [6.45, 7) is 5.41. The number of hydrogen-bond donors (Lipinski definition) is 0. The standard InChI is InChI=1S/C44H37N2OP.Os/c1-4-15-33-25-34-23-24-35-26-37(29-46-44(35)43(34)45-28-33)42(27-38-31-47-30-36(38)16-5-2)32(3)48(39-17-9-6-10-18-39,40-19-11-7-12-20-40)41-21-13-8-14-22-41;/h4,6-29H,5,30-31H2,1-2H3;/q+1;/b15-4+,36-16?,38-27?,42-32?;. The maximum atomic E-state index is 6.06. The van der Waals surface area contributed by atoms with Gasteiger partial charge in [-0.2, -0.15) is 0 Å². The van der Waals surface area contributed by atoms with E-state index in [2.05, 4.69) is 145 Å². The summed E-state index contributed by atoms with van der Waals surface area (Å²) in [5, 5.41) is 7.17. The molecule has 3 heterocycles. The zero-order chi connectivity index (χ0) is 33.6. The summed E-state index contributed by atoms with van der Waals surface area (Å²) >= 11 is 1.81. The Hall–Kier alpha value is -4.53.